The van der Waals surface area contributed by atoms with E-state index in [-0.39, 0.29) is 0 Å². The lowest BCUT2D eigenvalue weighted by molar-refractivity contribution is 0.628. The number of hydrogen-bond acceptors (Lipinski definition) is 3. The van der Waals surface area contributed by atoms with Gasteiger partial charge in [0.2, 0.25) is 0 Å². The van der Waals surface area contributed by atoms with E-state index in [1.165, 1.54) is 38.9 Å². The molecule has 2 aliphatic rings. The minimum Gasteiger partial charge on any atom is -0.456 e. The van der Waals surface area contributed by atoms with E-state index in [9.17, 15) is 0 Å². The van der Waals surface area contributed by atoms with Gasteiger partial charge in [-0.2, -0.15) is 0 Å². The molecule has 8 aromatic carbocycles. The van der Waals surface area contributed by atoms with Crippen LogP contribution in [-0.4, -0.2) is 9.97 Å². The third-order valence-electron chi connectivity index (χ3n) is 12.1. The first-order valence-electron chi connectivity index (χ1n) is 19.8. The fourth-order valence-electron chi connectivity index (χ4n) is 9.58. The van der Waals surface area contributed by atoms with Gasteiger partial charge >= 0.3 is 0 Å². The summed E-state index contributed by atoms with van der Waals surface area (Å²) in [6.45, 7) is 0. The molecule has 0 amide bonds. The summed E-state index contributed by atoms with van der Waals surface area (Å²) in [5.74, 6) is 1.64. The maximum atomic E-state index is 6.79. The van der Waals surface area contributed by atoms with Crippen molar-refractivity contribution in [3.63, 3.8) is 0 Å². The molecule has 0 unspecified atom stereocenters. The zero-order chi connectivity index (χ0) is 38.2. The summed E-state index contributed by atoms with van der Waals surface area (Å²) in [4.78, 5) is 10.5. The SMILES string of the molecule is c1ccc(-c2cccc(-c3cc(-c4ccccc4)nc(-c4cccc(-c5ccc6c(c5)C5(c7ccccc7-c7ccccc75)c5c-6oc6ccccc56)c4)n3)c2)cc1. The number of fused-ring (bicyclic) bond motifs is 12. The molecule has 0 atom stereocenters. The summed E-state index contributed by atoms with van der Waals surface area (Å²) >= 11 is 0. The van der Waals surface area contributed by atoms with Gasteiger partial charge in [0.25, 0.3) is 0 Å². The molecule has 0 saturated heterocycles. The average molecular weight is 739 g/mol. The van der Waals surface area contributed by atoms with E-state index >= 15 is 0 Å². The molecule has 10 aromatic rings. The Hall–Kier alpha value is -7.62. The van der Waals surface area contributed by atoms with E-state index in [1.54, 1.807) is 0 Å². The van der Waals surface area contributed by atoms with E-state index in [0.717, 1.165) is 67.1 Å². The van der Waals surface area contributed by atoms with Crippen LogP contribution in [0, 0.1) is 0 Å². The number of rotatable bonds is 5. The Morgan fingerprint density at radius 1 is 0.345 bits per heavy atom. The van der Waals surface area contributed by atoms with Crippen molar-refractivity contribution in [2.45, 2.75) is 5.41 Å². The van der Waals surface area contributed by atoms with Crippen LogP contribution in [0.3, 0.4) is 0 Å². The van der Waals surface area contributed by atoms with E-state index < -0.39 is 5.41 Å². The molecule has 0 radical (unpaired) electrons. The van der Waals surface area contributed by atoms with Crippen molar-refractivity contribution in [1.82, 2.24) is 9.97 Å². The highest BCUT2D eigenvalue weighted by molar-refractivity contribution is 6.02. The highest BCUT2D eigenvalue weighted by atomic mass is 16.3. The van der Waals surface area contributed by atoms with Crippen molar-refractivity contribution in [1.29, 1.82) is 0 Å². The zero-order valence-electron chi connectivity index (χ0n) is 31.4. The zero-order valence-corrected chi connectivity index (χ0v) is 31.4. The highest BCUT2D eigenvalue weighted by Gasteiger charge is 2.54. The van der Waals surface area contributed by atoms with E-state index in [1.807, 2.05) is 6.07 Å². The summed E-state index contributed by atoms with van der Waals surface area (Å²) in [6.07, 6.45) is 0. The summed E-state index contributed by atoms with van der Waals surface area (Å²) in [5.41, 5.74) is 18.5. The molecule has 2 aliphatic carbocycles. The summed E-state index contributed by atoms with van der Waals surface area (Å²) < 4.78 is 6.79. The molecule has 2 aromatic heterocycles. The fourth-order valence-corrected chi connectivity index (χ4v) is 9.58. The Balaban J connectivity index is 1.03. The van der Waals surface area contributed by atoms with Gasteiger partial charge < -0.3 is 4.42 Å². The molecule has 1 spiro atoms. The Labute approximate surface area is 336 Å². The minimum absolute atomic E-state index is 0.519. The Morgan fingerprint density at radius 3 is 1.62 bits per heavy atom. The Morgan fingerprint density at radius 2 is 0.879 bits per heavy atom. The molecule has 0 N–H and O–H groups in total. The third kappa shape index (κ3) is 4.80. The van der Waals surface area contributed by atoms with Gasteiger partial charge in [-0.05, 0) is 80.4 Å². The molecule has 0 bridgehead atoms. The molecular formula is C55H34N2O. The van der Waals surface area contributed by atoms with Crippen molar-refractivity contribution < 1.29 is 4.42 Å². The van der Waals surface area contributed by atoms with Crippen LogP contribution in [0.4, 0.5) is 0 Å². The fraction of sp³-hybridized carbons (Fsp3) is 0.0182. The van der Waals surface area contributed by atoms with Crippen molar-refractivity contribution in [3.05, 3.63) is 229 Å². The summed E-state index contributed by atoms with van der Waals surface area (Å²) in [7, 11) is 0. The lowest BCUT2D eigenvalue weighted by Gasteiger charge is -2.30. The molecule has 0 saturated carbocycles. The average Bonchev–Trinajstić information content (AvgIpc) is 3.93. The van der Waals surface area contributed by atoms with Gasteiger partial charge in [-0.15, -0.1) is 0 Å². The second-order valence-electron chi connectivity index (χ2n) is 15.3. The predicted octanol–water partition coefficient (Wildman–Crippen LogP) is 13.9. The number of furan rings is 1. The maximum absolute atomic E-state index is 6.79. The van der Waals surface area contributed by atoms with Crippen LogP contribution >= 0.6 is 0 Å². The second-order valence-corrected chi connectivity index (χ2v) is 15.3. The predicted molar refractivity (Wildman–Crippen MR) is 235 cm³/mol. The van der Waals surface area contributed by atoms with Gasteiger partial charge in [0.15, 0.2) is 5.82 Å². The first-order chi connectivity index (χ1) is 28.7. The molecule has 58 heavy (non-hydrogen) atoms. The smallest absolute Gasteiger partial charge is 0.160 e. The van der Waals surface area contributed by atoms with Crippen molar-refractivity contribution in [3.8, 4) is 78.6 Å². The molecule has 0 fully saturated rings. The molecule has 0 aliphatic heterocycles. The van der Waals surface area contributed by atoms with Gasteiger partial charge in [-0.1, -0.05) is 176 Å². The summed E-state index contributed by atoms with van der Waals surface area (Å²) in [6, 6.07) is 73.5. The van der Waals surface area contributed by atoms with Gasteiger partial charge in [0.1, 0.15) is 11.3 Å². The van der Waals surface area contributed by atoms with Crippen molar-refractivity contribution >= 4 is 11.0 Å². The van der Waals surface area contributed by atoms with Gasteiger partial charge in [-0.3, -0.25) is 0 Å². The van der Waals surface area contributed by atoms with Gasteiger partial charge in [0.05, 0.1) is 16.8 Å². The van der Waals surface area contributed by atoms with E-state index in [4.69, 9.17) is 14.4 Å². The quantitative estimate of drug-likeness (QED) is 0.176. The van der Waals surface area contributed by atoms with Gasteiger partial charge in [-0.25, -0.2) is 9.97 Å². The molecule has 3 nitrogen and oxygen atoms in total. The molecule has 270 valence electrons. The molecule has 2 heterocycles. The van der Waals surface area contributed by atoms with Gasteiger partial charge in [0, 0.05) is 33.2 Å². The van der Waals surface area contributed by atoms with Crippen LogP contribution in [0.15, 0.2) is 211 Å². The molecule has 12 rings (SSSR count). The lowest BCUT2D eigenvalue weighted by atomic mass is 9.70. The lowest BCUT2D eigenvalue weighted by Crippen LogP contribution is -2.25. The highest BCUT2D eigenvalue weighted by Crippen LogP contribution is 2.65. The third-order valence-corrected chi connectivity index (χ3v) is 12.1. The normalized spacial score (nSPS) is 13.0. The maximum Gasteiger partial charge on any atom is 0.160 e. The summed E-state index contributed by atoms with van der Waals surface area (Å²) in [5, 5.41) is 1.16. The number of hydrogen-bond donors (Lipinski definition) is 0. The topological polar surface area (TPSA) is 38.9 Å². The number of benzene rings is 8. The first kappa shape index (κ1) is 32.6. The van der Waals surface area contributed by atoms with Crippen LogP contribution < -0.4 is 0 Å². The van der Waals surface area contributed by atoms with Crippen molar-refractivity contribution in [2.24, 2.45) is 0 Å². The van der Waals surface area contributed by atoms with Crippen molar-refractivity contribution in [2.75, 3.05) is 0 Å². The van der Waals surface area contributed by atoms with Crippen LogP contribution in [0.25, 0.3) is 89.6 Å². The number of aromatic nitrogens is 2. The van der Waals surface area contributed by atoms with E-state index in [0.29, 0.717) is 5.82 Å². The number of nitrogens with zero attached hydrogens (tertiary/aromatic N) is 2. The van der Waals surface area contributed by atoms with Crippen LogP contribution in [-0.2, 0) is 5.41 Å². The Kier molecular flexibility index (Phi) is 7.14. The first-order valence-corrected chi connectivity index (χ1v) is 19.8. The standard InChI is InChI=1S/C55H34N2O/c1-3-15-35(16-4-1)37-19-13-21-40(31-37)50-34-49(36-17-5-2-6-18-36)56-54(57-50)41-22-14-20-38(32-41)39-29-30-44-48(33-39)55(52-45-25-9-12-28-51(45)58-53(44)52)46-26-10-7-23-42(46)43-24-8-11-27-47(43)55/h1-34H. The largest absolute Gasteiger partial charge is 0.456 e. The Bertz CT molecular complexity index is 3190. The molecular weight excluding hydrogens is 705 g/mol. The second kappa shape index (κ2) is 12.7. The van der Waals surface area contributed by atoms with Crippen LogP contribution in [0.1, 0.15) is 22.3 Å². The minimum atomic E-state index is -0.519. The molecule has 3 heteroatoms. The monoisotopic (exact) mass is 738 g/mol. The van der Waals surface area contributed by atoms with Crippen LogP contribution in [0.2, 0.25) is 0 Å². The number of para-hydroxylation sites is 1. The van der Waals surface area contributed by atoms with E-state index in [2.05, 4.69) is 200 Å². The van der Waals surface area contributed by atoms with Crippen LogP contribution in [0.5, 0.6) is 0 Å².